The summed E-state index contributed by atoms with van der Waals surface area (Å²) in [5, 5.41) is 15.1. The highest BCUT2D eigenvalue weighted by Gasteiger charge is 2.09. The fourth-order valence-electron chi connectivity index (χ4n) is 1.61. The second-order valence-corrected chi connectivity index (χ2v) is 4.44. The van der Waals surface area contributed by atoms with Crippen LogP contribution < -0.4 is 10.6 Å². The lowest BCUT2D eigenvalue weighted by atomic mass is 10.2. The number of carbonyl (C=O) groups excluding carboxylic acids is 1. The first-order valence-corrected chi connectivity index (χ1v) is 6.07. The Hall–Kier alpha value is -2.20. The molecule has 0 spiro atoms. The third kappa shape index (κ3) is 3.17. The molecule has 98 valence electrons. The summed E-state index contributed by atoms with van der Waals surface area (Å²) >= 11 is 5.76. The first kappa shape index (κ1) is 13.2. The maximum absolute atomic E-state index is 11.8. The van der Waals surface area contributed by atoms with Crippen LogP contribution in [0.25, 0.3) is 0 Å². The van der Waals surface area contributed by atoms with Gasteiger partial charge in [-0.15, -0.1) is 0 Å². The van der Waals surface area contributed by atoms with Crippen LogP contribution >= 0.6 is 11.6 Å². The number of hydrogen-bond acceptors (Lipinski definition) is 2. The fourth-order valence-corrected chi connectivity index (χ4v) is 1.78. The van der Waals surface area contributed by atoms with Crippen LogP contribution in [0.4, 0.5) is 16.2 Å². The molecular formula is C14H13ClN2O2. The molecule has 0 aliphatic carbocycles. The molecular weight excluding hydrogens is 264 g/mol. The topological polar surface area (TPSA) is 61.4 Å². The summed E-state index contributed by atoms with van der Waals surface area (Å²) in [7, 11) is 0. The molecule has 2 aromatic carbocycles. The fraction of sp³-hybridized carbons (Fsp3) is 0.0714. The highest BCUT2D eigenvalue weighted by atomic mass is 35.5. The lowest BCUT2D eigenvalue weighted by Gasteiger charge is -2.11. The van der Waals surface area contributed by atoms with Crippen LogP contribution in [-0.4, -0.2) is 11.1 Å². The van der Waals surface area contributed by atoms with Crippen LogP contribution in [0.2, 0.25) is 5.02 Å². The molecule has 0 bridgehead atoms. The van der Waals surface area contributed by atoms with E-state index in [4.69, 9.17) is 11.6 Å². The van der Waals surface area contributed by atoms with E-state index in [9.17, 15) is 9.90 Å². The molecule has 4 nitrogen and oxygen atoms in total. The number of amides is 2. The number of rotatable bonds is 2. The van der Waals surface area contributed by atoms with Crippen molar-refractivity contribution in [3.05, 3.63) is 53.1 Å². The van der Waals surface area contributed by atoms with Gasteiger partial charge in [0.2, 0.25) is 0 Å². The average Bonchev–Trinajstić information content (AvgIpc) is 2.38. The second kappa shape index (κ2) is 5.63. The molecule has 5 heteroatoms. The summed E-state index contributed by atoms with van der Waals surface area (Å²) in [5.41, 5.74) is 1.92. The highest BCUT2D eigenvalue weighted by molar-refractivity contribution is 6.32. The van der Waals surface area contributed by atoms with Gasteiger partial charge in [-0.3, -0.25) is 0 Å². The maximum atomic E-state index is 11.8. The van der Waals surface area contributed by atoms with E-state index in [0.717, 1.165) is 5.56 Å². The number of aromatic hydroxyl groups is 1. The Bertz CT molecular complexity index is 614. The summed E-state index contributed by atoms with van der Waals surface area (Å²) in [5.74, 6) is -0.149. The molecule has 0 aliphatic rings. The van der Waals surface area contributed by atoms with E-state index < -0.39 is 6.03 Å². The van der Waals surface area contributed by atoms with Gasteiger partial charge in [-0.05, 0) is 30.7 Å². The second-order valence-electron chi connectivity index (χ2n) is 4.03. The van der Waals surface area contributed by atoms with Crippen LogP contribution in [0.1, 0.15) is 5.56 Å². The Morgan fingerprint density at radius 1 is 1.05 bits per heavy atom. The van der Waals surface area contributed by atoms with Gasteiger partial charge in [-0.1, -0.05) is 35.9 Å². The number of phenols is 1. The van der Waals surface area contributed by atoms with Crippen LogP contribution in [0.5, 0.6) is 5.75 Å². The van der Waals surface area contributed by atoms with E-state index in [1.54, 1.807) is 24.3 Å². The molecule has 0 fully saturated rings. The van der Waals surface area contributed by atoms with E-state index in [0.29, 0.717) is 5.69 Å². The molecule has 0 radical (unpaired) electrons. The molecule has 0 aliphatic heterocycles. The lowest BCUT2D eigenvalue weighted by molar-refractivity contribution is 0.262. The SMILES string of the molecule is Cc1ccccc1NC(=O)Nc1cccc(Cl)c1O. The number of nitrogens with one attached hydrogen (secondary N) is 2. The number of benzene rings is 2. The largest absolute Gasteiger partial charge is 0.504 e. The number of urea groups is 1. The molecule has 0 atom stereocenters. The van der Waals surface area contributed by atoms with E-state index in [1.165, 1.54) is 0 Å². The Morgan fingerprint density at radius 3 is 2.42 bits per heavy atom. The zero-order valence-corrected chi connectivity index (χ0v) is 11.0. The molecule has 2 rings (SSSR count). The minimum absolute atomic E-state index is 0.149. The van der Waals surface area contributed by atoms with Gasteiger partial charge in [-0.2, -0.15) is 0 Å². The summed E-state index contributed by atoms with van der Waals surface area (Å²) in [4.78, 5) is 11.8. The van der Waals surface area contributed by atoms with Crippen molar-refractivity contribution in [1.29, 1.82) is 0 Å². The lowest BCUT2D eigenvalue weighted by Crippen LogP contribution is -2.20. The molecule has 2 aromatic rings. The molecule has 0 saturated heterocycles. The number of para-hydroxylation sites is 2. The first-order valence-electron chi connectivity index (χ1n) is 5.69. The van der Waals surface area contributed by atoms with Crippen molar-refractivity contribution in [3.8, 4) is 5.75 Å². The van der Waals surface area contributed by atoms with Gasteiger partial charge in [0, 0.05) is 5.69 Å². The molecule has 0 unspecified atom stereocenters. The molecule has 0 heterocycles. The smallest absolute Gasteiger partial charge is 0.323 e. The third-order valence-electron chi connectivity index (χ3n) is 2.63. The van der Waals surface area contributed by atoms with Crippen molar-refractivity contribution >= 4 is 29.0 Å². The van der Waals surface area contributed by atoms with Gasteiger partial charge in [0.05, 0.1) is 10.7 Å². The number of carbonyl (C=O) groups is 1. The van der Waals surface area contributed by atoms with Crippen molar-refractivity contribution in [2.75, 3.05) is 10.6 Å². The maximum Gasteiger partial charge on any atom is 0.323 e. The van der Waals surface area contributed by atoms with Crippen molar-refractivity contribution in [2.45, 2.75) is 6.92 Å². The summed E-state index contributed by atoms with van der Waals surface area (Å²) < 4.78 is 0. The quantitative estimate of drug-likeness (QED) is 0.726. The van der Waals surface area contributed by atoms with Gasteiger partial charge < -0.3 is 15.7 Å². The normalized spacial score (nSPS) is 10.0. The van der Waals surface area contributed by atoms with Crippen LogP contribution in [0.3, 0.4) is 0 Å². The first-order chi connectivity index (χ1) is 9.08. The van der Waals surface area contributed by atoms with Crippen molar-refractivity contribution < 1.29 is 9.90 Å². The van der Waals surface area contributed by atoms with Gasteiger partial charge in [0.1, 0.15) is 0 Å². The highest BCUT2D eigenvalue weighted by Crippen LogP contribution is 2.31. The van der Waals surface area contributed by atoms with Crippen molar-refractivity contribution in [2.24, 2.45) is 0 Å². The minimum Gasteiger partial charge on any atom is -0.504 e. The predicted octanol–water partition coefficient (Wildman–Crippen LogP) is 4.00. The summed E-state index contributed by atoms with van der Waals surface area (Å²) in [6.07, 6.45) is 0. The third-order valence-corrected chi connectivity index (χ3v) is 2.93. The van der Waals surface area contributed by atoms with Crippen LogP contribution in [0, 0.1) is 6.92 Å². The van der Waals surface area contributed by atoms with E-state index in [1.807, 2.05) is 25.1 Å². The van der Waals surface area contributed by atoms with Gasteiger partial charge >= 0.3 is 6.03 Å². The molecule has 2 amide bonds. The van der Waals surface area contributed by atoms with Crippen LogP contribution in [-0.2, 0) is 0 Å². The summed E-state index contributed by atoms with van der Waals surface area (Å²) in [6, 6.07) is 11.7. The van der Waals surface area contributed by atoms with Gasteiger partial charge in [0.15, 0.2) is 5.75 Å². The molecule has 19 heavy (non-hydrogen) atoms. The Morgan fingerprint density at radius 2 is 1.68 bits per heavy atom. The number of hydrogen-bond donors (Lipinski definition) is 3. The molecule has 3 N–H and O–H groups in total. The van der Waals surface area contributed by atoms with Crippen LogP contribution in [0.15, 0.2) is 42.5 Å². The molecule has 0 aromatic heterocycles. The summed E-state index contributed by atoms with van der Waals surface area (Å²) in [6.45, 7) is 1.90. The number of phenolic OH excluding ortho intramolecular Hbond substituents is 1. The monoisotopic (exact) mass is 276 g/mol. The zero-order valence-electron chi connectivity index (χ0n) is 10.3. The number of anilines is 2. The van der Waals surface area contributed by atoms with Gasteiger partial charge in [-0.25, -0.2) is 4.79 Å². The number of aryl methyl sites for hydroxylation is 1. The van der Waals surface area contributed by atoms with E-state index >= 15 is 0 Å². The number of halogens is 1. The Labute approximate surface area is 116 Å². The average molecular weight is 277 g/mol. The van der Waals surface area contributed by atoms with Gasteiger partial charge in [0.25, 0.3) is 0 Å². The van der Waals surface area contributed by atoms with Crippen molar-refractivity contribution in [3.63, 3.8) is 0 Å². The standard InChI is InChI=1S/C14H13ClN2O2/c1-9-5-2-3-7-11(9)16-14(19)17-12-8-4-6-10(15)13(12)18/h2-8,18H,1H3,(H2,16,17,19). The van der Waals surface area contributed by atoms with E-state index in [2.05, 4.69) is 10.6 Å². The zero-order chi connectivity index (χ0) is 13.8. The Kier molecular flexibility index (Phi) is 3.92. The predicted molar refractivity (Wildman–Crippen MR) is 76.9 cm³/mol. The molecule has 0 saturated carbocycles. The minimum atomic E-state index is -0.438. The van der Waals surface area contributed by atoms with E-state index in [-0.39, 0.29) is 16.5 Å². The Balaban J connectivity index is 2.10. The van der Waals surface area contributed by atoms with Crippen molar-refractivity contribution in [1.82, 2.24) is 0 Å².